The minimum absolute atomic E-state index is 0.00991. The van der Waals surface area contributed by atoms with Gasteiger partial charge in [0, 0.05) is 0 Å². The molecule has 12 nitrogen and oxygen atoms in total. The molecule has 0 amide bonds. The molecule has 0 bridgehead atoms. The average Bonchev–Trinajstić information content (AvgIpc) is 2.75. The molecular weight excluding hydrogens is 502 g/mol. The number of esters is 1. The molecule has 12 heteroatoms. The highest BCUT2D eigenvalue weighted by atomic mass is 16.8. The van der Waals surface area contributed by atoms with E-state index in [9.17, 15) is 19.2 Å². The Bertz CT molecular complexity index is 963. The molecule has 0 heterocycles. The second-order valence-electron chi connectivity index (χ2n) is 10.4. The fourth-order valence-electron chi connectivity index (χ4n) is 2.63. The lowest BCUT2D eigenvalue weighted by molar-refractivity contribution is -0.148. The van der Waals surface area contributed by atoms with Crippen molar-refractivity contribution in [3.8, 4) is 11.5 Å². The molecule has 0 radical (unpaired) electrons. The molecule has 1 aromatic rings. The summed E-state index contributed by atoms with van der Waals surface area (Å²) in [6.45, 7) is 13.4. The minimum Gasteiger partial charge on any atom is -0.461 e. The van der Waals surface area contributed by atoms with Crippen molar-refractivity contribution >= 4 is 24.4 Å². The van der Waals surface area contributed by atoms with Crippen LogP contribution in [0.1, 0.15) is 67.4 Å². The fraction of sp³-hybridized carbons (Fsp3) is 0.615. The first-order valence-corrected chi connectivity index (χ1v) is 12.2. The topological polar surface area (TPSA) is 159 Å². The van der Waals surface area contributed by atoms with Gasteiger partial charge >= 0.3 is 24.4 Å². The van der Waals surface area contributed by atoms with Crippen molar-refractivity contribution in [2.75, 3.05) is 13.2 Å². The van der Waals surface area contributed by atoms with Crippen molar-refractivity contribution in [1.82, 2.24) is 0 Å². The Morgan fingerprint density at radius 3 is 1.92 bits per heavy atom. The van der Waals surface area contributed by atoms with E-state index in [1.54, 1.807) is 41.5 Å². The molecule has 0 unspecified atom stereocenters. The van der Waals surface area contributed by atoms with Crippen LogP contribution in [0, 0.1) is 0 Å². The minimum atomic E-state index is -1.10. The van der Waals surface area contributed by atoms with Crippen LogP contribution in [0.5, 0.6) is 11.5 Å². The molecule has 0 aliphatic carbocycles. The molecule has 0 spiro atoms. The van der Waals surface area contributed by atoms with Crippen LogP contribution in [0.15, 0.2) is 18.2 Å². The van der Waals surface area contributed by atoms with Crippen LogP contribution in [-0.2, 0) is 34.9 Å². The van der Waals surface area contributed by atoms with Crippen LogP contribution in [-0.4, -0.2) is 61.0 Å². The number of hydrogen-bond acceptors (Lipinski definition) is 12. The Morgan fingerprint density at radius 1 is 0.842 bits per heavy atom. The van der Waals surface area contributed by atoms with Crippen molar-refractivity contribution in [1.29, 1.82) is 0 Å². The highest BCUT2D eigenvalue weighted by Crippen LogP contribution is 2.31. The summed E-state index contributed by atoms with van der Waals surface area (Å²) in [7, 11) is 0. The summed E-state index contributed by atoms with van der Waals surface area (Å²) >= 11 is 0. The van der Waals surface area contributed by atoms with E-state index in [1.165, 1.54) is 25.1 Å². The second kappa shape index (κ2) is 14.4. The van der Waals surface area contributed by atoms with Crippen molar-refractivity contribution in [2.24, 2.45) is 5.73 Å². The summed E-state index contributed by atoms with van der Waals surface area (Å²) in [6, 6.07) is 3.19. The predicted octanol–water partition coefficient (Wildman–Crippen LogP) is 4.68. The Balaban J connectivity index is 2.90. The highest BCUT2D eigenvalue weighted by molar-refractivity contribution is 5.76. The van der Waals surface area contributed by atoms with E-state index in [0.717, 1.165) is 0 Å². The number of benzene rings is 1. The summed E-state index contributed by atoms with van der Waals surface area (Å²) in [5.41, 5.74) is 4.81. The van der Waals surface area contributed by atoms with E-state index < -0.39 is 47.8 Å². The normalized spacial score (nSPS) is 13.0. The SMILES string of the molecule is CCCOC(=O)O[C@@H](C)COC(=O)[C@@H](N)Cc1ccc(OC(=O)OC(C)(C)C)c(OC(=O)OC(C)(C)C)c1. The quantitative estimate of drug-likeness (QED) is 0.248. The van der Waals surface area contributed by atoms with Gasteiger partial charge in [-0.3, -0.25) is 4.79 Å². The van der Waals surface area contributed by atoms with E-state index in [2.05, 4.69) is 0 Å². The molecule has 2 atom stereocenters. The number of ether oxygens (including phenoxy) is 7. The van der Waals surface area contributed by atoms with Crippen LogP contribution in [0.2, 0.25) is 0 Å². The van der Waals surface area contributed by atoms with Crippen LogP contribution in [0.3, 0.4) is 0 Å². The molecular formula is C26H39NO11. The lowest BCUT2D eigenvalue weighted by atomic mass is 10.1. The van der Waals surface area contributed by atoms with E-state index >= 15 is 0 Å². The molecule has 0 aliphatic heterocycles. The molecule has 0 saturated heterocycles. The summed E-state index contributed by atoms with van der Waals surface area (Å²) in [5.74, 6) is -0.993. The Hall–Kier alpha value is -3.54. The summed E-state index contributed by atoms with van der Waals surface area (Å²) in [4.78, 5) is 48.3. The van der Waals surface area contributed by atoms with Crippen LogP contribution < -0.4 is 15.2 Å². The second-order valence-corrected chi connectivity index (χ2v) is 10.4. The monoisotopic (exact) mass is 541 g/mol. The van der Waals surface area contributed by atoms with Gasteiger partial charge in [0.1, 0.15) is 30.0 Å². The first-order chi connectivity index (χ1) is 17.5. The van der Waals surface area contributed by atoms with Crippen molar-refractivity contribution in [3.63, 3.8) is 0 Å². The molecule has 0 aliphatic rings. The fourth-order valence-corrected chi connectivity index (χ4v) is 2.63. The first kappa shape index (κ1) is 32.5. The van der Waals surface area contributed by atoms with Gasteiger partial charge in [-0.15, -0.1) is 0 Å². The zero-order valence-electron chi connectivity index (χ0n) is 23.3. The third kappa shape index (κ3) is 13.7. The maximum absolute atomic E-state index is 12.4. The van der Waals surface area contributed by atoms with Gasteiger partial charge in [0.25, 0.3) is 0 Å². The van der Waals surface area contributed by atoms with Gasteiger partial charge in [0.15, 0.2) is 11.5 Å². The smallest absolute Gasteiger partial charge is 0.461 e. The number of carbonyl (C=O) groups is 4. The predicted molar refractivity (Wildman–Crippen MR) is 135 cm³/mol. The summed E-state index contributed by atoms with van der Waals surface area (Å²) < 4.78 is 35.7. The Morgan fingerprint density at radius 2 is 1.39 bits per heavy atom. The Kier molecular flexibility index (Phi) is 12.3. The van der Waals surface area contributed by atoms with E-state index in [0.29, 0.717) is 12.0 Å². The van der Waals surface area contributed by atoms with Gasteiger partial charge in [-0.25, -0.2) is 14.4 Å². The molecule has 0 saturated carbocycles. The molecule has 2 N–H and O–H groups in total. The van der Waals surface area contributed by atoms with Gasteiger partial charge in [0.05, 0.1) is 6.61 Å². The van der Waals surface area contributed by atoms with Crippen LogP contribution in [0.4, 0.5) is 14.4 Å². The van der Waals surface area contributed by atoms with E-state index in [-0.39, 0.29) is 31.1 Å². The third-order valence-electron chi connectivity index (χ3n) is 4.11. The molecule has 38 heavy (non-hydrogen) atoms. The van der Waals surface area contributed by atoms with E-state index in [4.69, 9.17) is 38.9 Å². The maximum Gasteiger partial charge on any atom is 0.514 e. The number of hydrogen-bond donors (Lipinski definition) is 1. The molecule has 1 aromatic carbocycles. The average molecular weight is 542 g/mol. The van der Waals surface area contributed by atoms with Gasteiger partial charge < -0.3 is 38.9 Å². The third-order valence-corrected chi connectivity index (χ3v) is 4.11. The Labute approximate surface area is 223 Å². The molecule has 1 rings (SSSR count). The standard InChI is InChI=1S/C26H39NO11/c1-9-12-32-22(29)34-16(2)15-33-21(28)18(27)13-17-10-11-19(35-23(30)37-25(3,4)5)20(14-17)36-24(31)38-26(6,7)8/h10-11,14,16,18H,9,12-13,15,27H2,1-8H3/t16-,18-/m0/s1. The lowest BCUT2D eigenvalue weighted by Crippen LogP contribution is -2.36. The molecule has 214 valence electrons. The van der Waals surface area contributed by atoms with Crippen molar-refractivity contribution < 1.29 is 52.3 Å². The zero-order chi connectivity index (χ0) is 29.1. The van der Waals surface area contributed by atoms with Crippen molar-refractivity contribution in [2.45, 2.75) is 91.6 Å². The van der Waals surface area contributed by atoms with Gasteiger partial charge in [-0.05, 0) is 79.0 Å². The first-order valence-electron chi connectivity index (χ1n) is 12.2. The van der Waals surface area contributed by atoms with Gasteiger partial charge in [-0.2, -0.15) is 0 Å². The maximum atomic E-state index is 12.4. The summed E-state index contributed by atoms with van der Waals surface area (Å²) in [5, 5.41) is 0. The molecule has 0 fully saturated rings. The number of nitrogens with two attached hydrogens (primary N) is 1. The molecule has 0 aromatic heterocycles. The largest absolute Gasteiger partial charge is 0.514 e. The highest BCUT2D eigenvalue weighted by Gasteiger charge is 2.25. The lowest BCUT2D eigenvalue weighted by Gasteiger charge is -2.21. The summed E-state index contributed by atoms with van der Waals surface area (Å²) in [6.07, 6.45) is -3.00. The van der Waals surface area contributed by atoms with E-state index in [1.807, 2.05) is 6.92 Å². The van der Waals surface area contributed by atoms with Crippen LogP contribution in [0.25, 0.3) is 0 Å². The number of rotatable bonds is 10. The zero-order valence-corrected chi connectivity index (χ0v) is 23.3. The number of carbonyl (C=O) groups excluding carboxylic acids is 4. The van der Waals surface area contributed by atoms with Gasteiger partial charge in [-0.1, -0.05) is 13.0 Å². The van der Waals surface area contributed by atoms with Crippen LogP contribution >= 0.6 is 0 Å². The van der Waals surface area contributed by atoms with Gasteiger partial charge in [0.2, 0.25) is 0 Å². The van der Waals surface area contributed by atoms with Crippen molar-refractivity contribution in [3.05, 3.63) is 23.8 Å².